The van der Waals surface area contributed by atoms with Crippen molar-refractivity contribution in [1.82, 2.24) is 14.4 Å². The topological polar surface area (TPSA) is 56.5 Å². The van der Waals surface area contributed by atoms with Gasteiger partial charge in [0, 0.05) is 11.8 Å². The number of halogens is 1. The van der Waals surface area contributed by atoms with Gasteiger partial charge in [0.05, 0.1) is 30.3 Å². The van der Waals surface area contributed by atoms with E-state index in [2.05, 4.69) is 25.9 Å². The van der Waals surface area contributed by atoms with Crippen molar-refractivity contribution in [1.29, 1.82) is 0 Å². The number of fused-ring (bicyclic) bond motifs is 1. The van der Waals surface area contributed by atoms with Gasteiger partial charge in [-0.05, 0) is 35.0 Å². The maximum Gasteiger partial charge on any atom is 0.338 e. The van der Waals surface area contributed by atoms with Gasteiger partial charge in [-0.25, -0.2) is 9.78 Å². The Balaban J connectivity index is 1.95. The molecule has 2 heterocycles. The van der Waals surface area contributed by atoms with E-state index < -0.39 is 0 Å². The molecule has 0 amide bonds. The predicted octanol–water partition coefficient (Wildman–Crippen LogP) is 3.34. The van der Waals surface area contributed by atoms with Gasteiger partial charge in [-0.2, -0.15) is 0 Å². The lowest BCUT2D eigenvalue weighted by Crippen LogP contribution is -2.04. The number of carbonyl (C=O) groups is 1. The highest BCUT2D eigenvalue weighted by molar-refractivity contribution is 9.10. The summed E-state index contributed by atoms with van der Waals surface area (Å²) >= 11 is 3.43. The van der Waals surface area contributed by atoms with Crippen LogP contribution in [0.15, 0.2) is 47.5 Å². The molecule has 0 radical (unpaired) electrons. The Morgan fingerprint density at radius 3 is 2.71 bits per heavy atom. The van der Waals surface area contributed by atoms with Crippen LogP contribution in [0.2, 0.25) is 0 Å². The second-order valence-corrected chi connectivity index (χ2v) is 5.19. The van der Waals surface area contributed by atoms with Crippen molar-refractivity contribution in [3.63, 3.8) is 0 Å². The Labute approximate surface area is 129 Å². The zero-order valence-electron chi connectivity index (χ0n) is 11.3. The first kappa shape index (κ1) is 13.8. The van der Waals surface area contributed by atoms with Crippen LogP contribution in [0.3, 0.4) is 0 Å². The fourth-order valence-corrected chi connectivity index (χ4v) is 2.39. The van der Waals surface area contributed by atoms with E-state index in [0.29, 0.717) is 12.2 Å². The number of imidazole rings is 1. The lowest BCUT2D eigenvalue weighted by Gasteiger charge is -2.05. The largest absolute Gasteiger partial charge is 0.462 e. The van der Waals surface area contributed by atoms with E-state index in [1.54, 1.807) is 31.5 Å². The molecule has 0 unspecified atom stereocenters. The second kappa shape index (κ2) is 5.65. The molecule has 0 saturated carbocycles. The molecular formula is C15H12BrN3O2. The van der Waals surface area contributed by atoms with Gasteiger partial charge in [0.15, 0.2) is 5.65 Å². The molecule has 0 aliphatic carbocycles. The zero-order chi connectivity index (χ0) is 14.8. The van der Waals surface area contributed by atoms with E-state index in [1.807, 2.05) is 22.7 Å². The van der Waals surface area contributed by atoms with Gasteiger partial charge in [-0.1, -0.05) is 12.1 Å². The maximum absolute atomic E-state index is 11.6. The van der Waals surface area contributed by atoms with E-state index in [0.717, 1.165) is 21.5 Å². The average Bonchev–Trinajstić information content (AvgIpc) is 2.89. The Kier molecular flexibility index (Phi) is 3.70. The first-order chi connectivity index (χ1) is 10.2. The summed E-state index contributed by atoms with van der Waals surface area (Å²) in [4.78, 5) is 20.2. The lowest BCUT2D eigenvalue weighted by atomic mass is 10.1. The highest BCUT2D eigenvalue weighted by Gasteiger charge is 2.08. The third kappa shape index (κ3) is 2.67. The monoisotopic (exact) mass is 345 g/mol. The summed E-state index contributed by atoms with van der Waals surface area (Å²) in [5.41, 5.74) is 3.03. The van der Waals surface area contributed by atoms with Gasteiger partial charge < -0.3 is 4.74 Å². The summed E-state index contributed by atoms with van der Waals surface area (Å²) in [5, 5.41) is 0. The number of ether oxygens (including phenoxy) is 1. The minimum absolute atomic E-state index is 0.315. The molecular weight excluding hydrogens is 334 g/mol. The Morgan fingerprint density at radius 2 is 2.00 bits per heavy atom. The van der Waals surface area contributed by atoms with Crippen LogP contribution in [0.5, 0.6) is 0 Å². The SMILES string of the molecule is CCOC(=O)c1ccc(-c2cn3c(Br)cnc3cn2)cc1. The van der Waals surface area contributed by atoms with Crippen LogP contribution in [0.25, 0.3) is 16.9 Å². The number of hydrogen-bond acceptors (Lipinski definition) is 4. The molecule has 0 saturated heterocycles. The molecule has 3 rings (SSSR count). The van der Waals surface area contributed by atoms with Gasteiger partial charge in [-0.3, -0.25) is 9.38 Å². The minimum Gasteiger partial charge on any atom is -0.462 e. The van der Waals surface area contributed by atoms with Crippen LogP contribution >= 0.6 is 15.9 Å². The third-order valence-electron chi connectivity index (χ3n) is 3.04. The Bertz CT molecular complexity index is 796. The summed E-state index contributed by atoms with van der Waals surface area (Å²) in [6.45, 7) is 2.15. The number of benzene rings is 1. The summed E-state index contributed by atoms with van der Waals surface area (Å²) in [6, 6.07) is 7.18. The van der Waals surface area contributed by atoms with E-state index in [1.165, 1.54) is 0 Å². The van der Waals surface area contributed by atoms with Crippen molar-refractivity contribution in [2.24, 2.45) is 0 Å². The first-order valence-electron chi connectivity index (χ1n) is 6.45. The Morgan fingerprint density at radius 1 is 1.24 bits per heavy atom. The van der Waals surface area contributed by atoms with Crippen LogP contribution in [0.4, 0.5) is 0 Å². The number of hydrogen-bond donors (Lipinski definition) is 0. The smallest absolute Gasteiger partial charge is 0.338 e. The molecule has 0 fully saturated rings. The Hall–Kier alpha value is -2.21. The fraction of sp³-hybridized carbons (Fsp3) is 0.133. The number of nitrogens with zero attached hydrogens (tertiary/aromatic N) is 3. The number of rotatable bonds is 3. The highest BCUT2D eigenvalue weighted by Crippen LogP contribution is 2.20. The second-order valence-electron chi connectivity index (χ2n) is 4.38. The summed E-state index contributed by atoms with van der Waals surface area (Å²) < 4.78 is 7.73. The van der Waals surface area contributed by atoms with Crippen LogP contribution in [-0.2, 0) is 4.74 Å². The average molecular weight is 346 g/mol. The van der Waals surface area contributed by atoms with Crippen LogP contribution in [-0.4, -0.2) is 26.9 Å². The standard InChI is InChI=1S/C15H12BrN3O2/c1-2-21-15(20)11-5-3-10(4-6-11)12-9-19-13(16)7-18-14(19)8-17-12/h3-9H,2H2,1H3. The molecule has 3 aromatic rings. The van der Waals surface area contributed by atoms with E-state index >= 15 is 0 Å². The molecule has 106 valence electrons. The quantitative estimate of drug-likeness (QED) is 0.683. The fourth-order valence-electron chi connectivity index (χ4n) is 2.00. The summed E-state index contributed by atoms with van der Waals surface area (Å²) in [7, 11) is 0. The molecule has 6 heteroatoms. The summed E-state index contributed by atoms with van der Waals surface area (Å²) in [5.74, 6) is -0.315. The molecule has 5 nitrogen and oxygen atoms in total. The van der Waals surface area contributed by atoms with Gasteiger partial charge in [0.1, 0.15) is 4.60 Å². The van der Waals surface area contributed by atoms with Crippen LogP contribution in [0, 0.1) is 0 Å². The van der Waals surface area contributed by atoms with Crippen molar-refractivity contribution < 1.29 is 9.53 Å². The van der Waals surface area contributed by atoms with Crippen molar-refractivity contribution in [3.8, 4) is 11.3 Å². The molecule has 0 bridgehead atoms. The van der Waals surface area contributed by atoms with Crippen LogP contribution in [0.1, 0.15) is 17.3 Å². The summed E-state index contributed by atoms with van der Waals surface area (Å²) in [6.07, 6.45) is 5.33. The molecule has 0 spiro atoms. The van der Waals surface area contributed by atoms with E-state index in [-0.39, 0.29) is 5.97 Å². The maximum atomic E-state index is 11.6. The minimum atomic E-state index is -0.315. The lowest BCUT2D eigenvalue weighted by molar-refractivity contribution is 0.0526. The number of esters is 1. The van der Waals surface area contributed by atoms with Gasteiger partial charge >= 0.3 is 5.97 Å². The predicted molar refractivity (Wildman–Crippen MR) is 82.1 cm³/mol. The van der Waals surface area contributed by atoms with Gasteiger partial charge in [-0.15, -0.1) is 0 Å². The molecule has 0 N–H and O–H groups in total. The number of aromatic nitrogens is 3. The van der Waals surface area contributed by atoms with Crippen molar-refractivity contribution in [2.75, 3.05) is 6.61 Å². The zero-order valence-corrected chi connectivity index (χ0v) is 12.9. The van der Waals surface area contributed by atoms with Gasteiger partial charge in [0.25, 0.3) is 0 Å². The third-order valence-corrected chi connectivity index (χ3v) is 3.63. The van der Waals surface area contributed by atoms with E-state index in [4.69, 9.17) is 4.74 Å². The van der Waals surface area contributed by atoms with Crippen molar-refractivity contribution in [3.05, 3.63) is 53.0 Å². The van der Waals surface area contributed by atoms with Crippen molar-refractivity contribution >= 4 is 27.5 Å². The van der Waals surface area contributed by atoms with Crippen LogP contribution < -0.4 is 0 Å². The molecule has 0 aliphatic heterocycles. The highest BCUT2D eigenvalue weighted by atomic mass is 79.9. The first-order valence-corrected chi connectivity index (χ1v) is 7.24. The molecule has 0 aliphatic rings. The molecule has 1 aromatic carbocycles. The normalized spacial score (nSPS) is 10.8. The molecule has 2 aromatic heterocycles. The number of carbonyl (C=O) groups excluding carboxylic acids is 1. The molecule has 0 atom stereocenters. The molecule has 21 heavy (non-hydrogen) atoms. The van der Waals surface area contributed by atoms with Crippen molar-refractivity contribution in [2.45, 2.75) is 6.92 Å². The van der Waals surface area contributed by atoms with E-state index in [9.17, 15) is 4.79 Å². The van der Waals surface area contributed by atoms with Gasteiger partial charge in [0.2, 0.25) is 0 Å².